The standard InChI is InChI=1S/C22H14O/c1-13(23)16-12-11-15-7-3-9-18-17-8-2-5-14-6-4-10-19(20(14)17)22(16)21(15)18/h2-12H,1H3. The highest BCUT2D eigenvalue weighted by molar-refractivity contribution is 6.35. The van der Waals surface area contributed by atoms with E-state index in [0.29, 0.717) is 0 Å². The summed E-state index contributed by atoms with van der Waals surface area (Å²) in [7, 11) is 0. The molecular formula is C22H14O. The summed E-state index contributed by atoms with van der Waals surface area (Å²) >= 11 is 0. The number of hydrogen-bond acceptors (Lipinski definition) is 1. The second kappa shape index (κ2) is 4.30. The zero-order valence-electron chi connectivity index (χ0n) is 12.8. The van der Waals surface area contributed by atoms with Crippen LogP contribution in [0, 0.1) is 0 Å². The summed E-state index contributed by atoms with van der Waals surface area (Å²) in [4.78, 5) is 12.2. The molecule has 0 aliphatic rings. The number of fused-ring (bicyclic) bond motifs is 2. The number of rotatable bonds is 1. The lowest BCUT2D eigenvalue weighted by atomic mass is 9.87. The summed E-state index contributed by atoms with van der Waals surface area (Å²) in [5.74, 6) is 0.119. The highest BCUT2D eigenvalue weighted by Gasteiger charge is 2.16. The summed E-state index contributed by atoms with van der Waals surface area (Å²) in [5, 5.41) is 9.62. The van der Waals surface area contributed by atoms with Gasteiger partial charge in [0.25, 0.3) is 0 Å². The van der Waals surface area contributed by atoms with Gasteiger partial charge in [-0.2, -0.15) is 0 Å². The third-order valence-electron chi connectivity index (χ3n) is 4.89. The van der Waals surface area contributed by atoms with Crippen LogP contribution in [0.15, 0.2) is 66.7 Å². The lowest BCUT2D eigenvalue weighted by molar-refractivity contribution is 0.101. The van der Waals surface area contributed by atoms with E-state index in [1.807, 2.05) is 6.07 Å². The van der Waals surface area contributed by atoms with Crippen molar-refractivity contribution in [2.24, 2.45) is 0 Å². The van der Waals surface area contributed by atoms with Gasteiger partial charge in [0.1, 0.15) is 0 Å². The van der Waals surface area contributed by atoms with Gasteiger partial charge in [-0.25, -0.2) is 0 Å². The molecule has 0 N–H and O–H groups in total. The molecule has 23 heavy (non-hydrogen) atoms. The van der Waals surface area contributed by atoms with Crippen molar-refractivity contribution in [1.82, 2.24) is 0 Å². The van der Waals surface area contributed by atoms with Crippen LogP contribution in [0.25, 0.3) is 43.1 Å². The van der Waals surface area contributed by atoms with E-state index in [-0.39, 0.29) is 5.78 Å². The maximum absolute atomic E-state index is 12.2. The Morgan fingerprint density at radius 2 is 1.17 bits per heavy atom. The van der Waals surface area contributed by atoms with Gasteiger partial charge in [-0.15, -0.1) is 0 Å². The minimum absolute atomic E-state index is 0.119. The first-order valence-electron chi connectivity index (χ1n) is 7.85. The molecule has 5 rings (SSSR count). The van der Waals surface area contributed by atoms with Crippen LogP contribution in [-0.2, 0) is 0 Å². The Balaban J connectivity index is 2.28. The van der Waals surface area contributed by atoms with Gasteiger partial charge >= 0.3 is 0 Å². The van der Waals surface area contributed by atoms with E-state index in [2.05, 4.69) is 60.7 Å². The molecule has 0 aromatic heterocycles. The van der Waals surface area contributed by atoms with Crippen LogP contribution >= 0.6 is 0 Å². The molecular weight excluding hydrogens is 280 g/mol. The molecule has 0 unspecified atom stereocenters. The van der Waals surface area contributed by atoms with E-state index >= 15 is 0 Å². The maximum atomic E-state index is 12.2. The van der Waals surface area contributed by atoms with E-state index in [4.69, 9.17) is 0 Å². The van der Waals surface area contributed by atoms with E-state index in [1.54, 1.807) is 6.92 Å². The zero-order valence-corrected chi connectivity index (χ0v) is 12.8. The number of carbonyl (C=O) groups is 1. The van der Waals surface area contributed by atoms with Gasteiger partial charge in [0.05, 0.1) is 0 Å². The van der Waals surface area contributed by atoms with Crippen molar-refractivity contribution < 1.29 is 4.79 Å². The number of benzene rings is 5. The van der Waals surface area contributed by atoms with Crippen molar-refractivity contribution in [2.45, 2.75) is 6.92 Å². The summed E-state index contributed by atoms with van der Waals surface area (Å²) in [5.41, 5.74) is 0.812. The van der Waals surface area contributed by atoms with Crippen LogP contribution in [0.2, 0.25) is 0 Å². The summed E-state index contributed by atoms with van der Waals surface area (Å²) < 4.78 is 0. The van der Waals surface area contributed by atoms with Gasteiger partial charge in [-0.1, -0.05) is 66.7 Å². The van der Waals surface area contributed by atoms with Crippen LogP contribution < -0.4 is 0 Å². The number of ketones is 1. The quantitative estimate of drug-likeness (QED) is 0.212. The Labute approximate surface area is 133 Å². The fourth-order valence-electron chi connectivity index (χ4n) is 3.95. The molecule has 1 heteroatoms. The highest BCUT2D eigenvalue weighted by Crippen LogP contribution is 2.41. The molecule has 0 bridgehead atoms. The number of hydrogen-bond donors (Lipinski definition) is 0. The van der Waals surface area contributed by atoms with Gasteiger partial charge in [0.15, 0.2) is 5.78 Å². The van der Waals surface area contributed by atoms with Gasteiger partial charge < -0.3 is 0 Å². The molecule has 0 heterocycles. The van der Waals surface area contributed by atoms with E-state index < -0.39 is 0 Å². The molecule has 5 aromatic rings. The lowest BCUT2D eigenvalue weighted by Gasteiger charge is -2.16. The molecule has 108 valence electrons. The zero-order chi connectivity index (χ0) is 15.6. The van der Waals surface area contributed by atoms with Crippen molar-refractivity contribution in [2.75, 3.05) is 0 Å². The molecule has 0 atom stereocenters. The SMILES string of the molecule is CC(=O)c1ccc2cccc3c4cccc5cccc(c1c23)c54. The summed E-state index contributed by atoms with van der Waals surface area (Å²) in [6, 6.07) is 23.2. The Morgan fingerprint density at radius 3 is 1.83 bits per heavy atom. The van der Waals surface area contributed by atoms with Crippen molar-refractivity contribution in [3.05, 3.63) is 72.3 Å². The molecule has 0 aliphatic carbocycles. The Morgan fingerprint density at radius 1 is 0.609 bits per heavy atom. The number of Topliss-reactive ketones (excluding diaryl/α,β-unsaturated/α-hetero) is 1. The molecule has 0 radical (unpaired) electrons. The van der Waals surface area contributed by atoms with Gasteiger partial charge in [-0.05, 0) is 44.6 Å². The molecule has 0 saturated carbocycles. The molecule has 5 aromatic carbocycles. The second-order valence-corrected chi connectivity index (χ2v) is 6.16. The second-order valence-electron chi connectivity index (χ2n) is 6.16. The molecule has 0 fully saturated rings. The predicted molar refractivity (Wildman–Crippen MR) is 97.7 cm³/mol. The molecule has 0 spiro atoms. The molecule has 0 saturated heterocycles. The largest absolute Gasteiger partial charge is 0.294 e. The van der Waals surface area contributed by atoms with Gasteiger partial charge in [0.2, 0.25) is 0 Å². The van der Waals surface area contributed by atoms with Crippen LogP contribution in [-0.4, -0.2) is 5.78 Å². The van der Waals surface area contributed by atoms with Crippen molar-refractivity contribution in [3.8, 4) is 0 Å². The van der Waals surface area contributed by atoms with Crippen LogP contribution in [0.1, 0.15) is 17.3 Å². The monoisotopic (exact) mass is 294 g/mol. The predicted octanol–water partition coefficient (Wildman–Crippen LogP) is 5.94. The third-order valence-corrected chi connectivity index (χ3v) is 4.89. The number of carbonyl (C=O) groups excluding carboxylic acids is 1. The van der Waals surface area contributed by atoms with Gasteiger partial charge in [-0.3, -0.25) is 4.79 Å². The van der Waals surface area contributed by atoms with Crippen LogP contribution in [0.3, 0.4) is 0 Å². The topological polar surface area (TPSA) is 17.1 Å². The third kappa shape index (κ3) is 1.54. The molecule has 0 aliphatic heterocycles. The van der Waals surface area contributed by atoms with E-state index in [9.17, 15) is 4.79 Å². The summed E-state index contributed by atoms with van der Waals surface area (Å²) in [6.07, 6.45) is 0. The Kier molecular flexibility index (Phi) is 2.35. The van der Waals surface area contributed by atoms with Crippen LogP contribution in [0.4, 0.5) is 0 Å². The van der Waals surface area contributed by atoms with E-state index in [1.165, 1.54) is 37.7 Å². The minimum atomic E-state index is 0.119. The minimum Gasteiger partial charge on any atom is -0.294 e. The van der Waals surface area contributed by atoms with Crippen molar-refractivity contribution in [3.63, 3.8) is 0 Å². The fourth-order valence-corrected chi connectivity index (χ4v) is 3.95. The average molecular weight is 294 g/mol. The van der Waals surface area contributed by atoms with Crippen molar-refractivity contribution >= 4 is 48.9 Å². The normalized spacial score (nSPS) is 11.9. The molecule has 0 amide bonds. The Bertz CT molecular complexity index is 1230. The fraction of sp³-hybridized carbons (Fsp3) is 0.0455. The lowest BCUT2D eigenvalue weighted by Crippen LogP contribution is -1.96. The van der Waals surface area contributed by atoms with Gasteiger partial charge in [0, 0.05) is 10.9 Å². The summed E-state index contributed by atoms with van der Waals surface area (Å²) in [6.45, 7) is 1.65. The smallest absolute Gasteiger partial charge is 0.160 e. The first-order valence-corrected chi connectivity index (χ1v) is 7.85. The Hall–Kier alpha value is -2.93. The molecule has 1 nitrogen and oxygen atoms in total. The van der Waals surface area contributed by atoms with Crippen LogP contribution in [0.5, 0.6) is 0 Å². The maximum Gasteiger partial charge on any atom is 0.160 e. The van der Waals surface area contributed by atoms with E-state index in [0.717, 1.165) is 10.9 Å². The highest BCUT2D eigenvalue weighted by atomic mass is 16.1. The van der Waals surface area contributed by atoms with Crippen molar-refractivity contribution in [1.29, 1.82) is 0 Å². The average Bonchev–Trinajstić information content (AvgIpc) is 2.58. The first-order chi connectivity index (χ1) is 11.3. The first kappa shape index (κ1) is 12.6.